The minimum absolute atomic E-state index is 0.00788. The summed E-state index contributed by atoms with van der Waals surface area (Å²) in [6.07, 6.45) is 3.39. The van der Waals surface area contributed by atoms with Gasteiger partial charge in [0, 0.05) is 5.41 Å². The number of esters is 1. The first-order valence-corrected chi connectivity index (χ1v) is 7.87. The van der Waals surface area contributed by atoms with Gasteiger partial charge in [0.25, 0.3) is 0 Å². The first kappa shape index (κ1) is 14.6. The molecule has 114 valence electrons. The Labute approximate surface area is 126 Å². The van der Waals surface area contributed by atoms with Gasteiger partial charge < -0.3 is 10.5 Å². The van der Waals surface area contributed by atoms with Crippen molar-refractivity contribution in [3.05, 3.63) is 35.9 Å². The maximum Gasteiger partial charge on any atom is 0.327 e. The van der Waals surface area contributed by atoms with Crippen molar-refractivity contribution in [3.63, 3.8) is 0 Å². The first-order valence-electron chi connectivity index (χ1n) is 7.87. The number of benzene rings is 1. The van der Waals surface area contributed by atoms with Crippen LogP contribution in [0.1, 0.15) is 51.6 Å². The summed E-state index contributed by atoms with van der Waals surface area (Å²) in [6.45, 7) is 6.90. The van der Waals surface area contributed by atoms with Crippen LogP contribution in [0.3, 0.4) is 0 Å². The van der Waals surface area contributed by atoms with E-state index in [0.29, 0.717) is 5.92 Å². The molecular weight excluding hydrogens is 262 g/mol. The molecule has 0 saturated heterocycles. The molecule has 3 unspecified atom stereocenters. The van der Waals surface area contributed by atoms with Crippen LogP contribution in [-0.2, 0) is 9.53 Å². The van der Waals surface area contributed by atoms with Crippen LogP contribution in [0.25, 0.3) is 0 Å². The van der Waals surface area contributed by atoms with Gasteiger partial charge in [-0.1, -0.05) is 51.1 Å². The third kappa shape index (κ3) is 2.10. The summed E-state index contributed by atoms with van der Waals surface area (Å²) in [5, 5.41) is 0. The fraction of sp³-hybridized carbons (Fsp3) is 0.611. The van der Waals surface area contributed by atoms with Crippen molar-refractivity contribution in [1.82, 2.24) is 0 Å². The molecule has 4 atom stereocenters. The summed E-state index contributed by atoms with van der Waals surface area (Å²) in [4.78, 5) is 12.4. The maximum absolute atomic E-state index is 12.4. The quantitative estimate of drug-likeness (QED) is 0.866. The van der Waals surface area contributed by atoms with E-state index >= 15 is 0 Å². The predicted octanol–water partition coefficient (Wildman–Crippen LogP) is 3.44. The fourth-order valence-corrected chi connectivity index (χ4v) is 4.32. The molecule has 2 aliphatic carbocycles. The van der Waals surface area contributed by atoms with Gasteiger partial charge in [-0.2, -0.15) is 0 Å². The molecule has 0 heterocycles. The van der Waals surface area contributed by atoms with E-state index in [4.69, 9.17) is 10.5 Å². The molecule has 2 N–H and O–H groups in total. The van der Waals surface area contributed by atoms with Crippen molar-refractivity contribution in [1.29, 1.82) is 0 Å². The number of nitrogens with two attached hydrogens (primary N) is 1. The molecule has 1 aromatic carbocycles. The van der Waals surface area contributed by atoms with Crippen LogP contribution in [0.5, 0.6) is 0 Å². The molecule has 2 fully saturated rings. The normalized spacial score (nSPS) is 34.7. The monoisotopic (exact) mass is 287 g/mol. The third-order valence-corrected chi connectivity index (χ3v) is 6.38. The van der Waals surface area contributed by atoms with Gasteiger partial charge in [-0.15, -0.1) is 0 Å². The van der Waals surface area contributed by atoms with Gasteiger partial charge in [-0.05, 0) is 36.2 Å². The van der Waals surface area contributed by atoms with Crippen LogP contribution in [0.4, 0.5) is 0 Å². The van der Waals surface area contributed by atoms with Crippen molar-refractivity contribution in [3.8, 4) is 0 Å². The van der Waals surface area contributed by atoms with Gasteiger partial charge in [-0.3, -0.25) is 0 Å². The Hall–Kier alpha value is -1.35. The second-order valence-electron chi connectivity index (χ2n) is 7.42. The lowest BCUT2D eigenvalue weighted by Crippen LogP contribution is -2.40. The molecule has 0 aromatic heterocycles. The molecule has 3 nitrogen and oxygen atoms in total. The Morgan fingerprint density at radius 2 is 1.95 bits per heavy atom. The van der Waals surface area contributed by atoms with Crippen molar-refractivity contribution in [2.45, 2.75) is 52.2 Å². The van der Waals surface area contributed by atoms with Crippen LogP contribution in [0.2, 0.25) is 0 Å². The van der Waals surface area contributed by atoms with E-state index < -0.39 is 6.04 Å². The Bertz CT molecular complexity index is 539. The van der Waals surface area contributed by atoms with Gasteiger partial charge in [0.2, 0.25) is 0 Å². The summed E-state index contributed by atoms with van der Waals surface area (Å²) >= 11 is 0. The third-order valence-electron chi connectivity index (χ3n) is 6.38. The number of carbonyl (C=O) groups excluding carboxylic acids is 1. The number of carbonyl (C=O) groups is 1. The average molecular weight is 287 g/mol. The lowest BCUT2D eigenvalue weighted by molar-refractivity contribution is -0.158. The van der Waals surface area contributed by atoms with Crippen molar-refractivity contribution < 1.29 is 9.53 Å². The minimum Gasteiger partial charge on any atom is -0.460 e. The van der Waals surface area contributed by atoms with Crippen molar-refractivity contribution >= 4 is 5.97 Å². The second kappa shape index (κ2) is 4.84. The first-order chi connectivity index (χ1) is 9.86. The van der Waals surface area contributed by atoms with Gasteiger partial charge in [0.05, 0.1) is 0 Å². The standard InChI is InChI=1S/C18H25NO2/c1-17(2)13-9-10-18(17,3)14(11-13)21-16(20)15(19)12-7-5-4-6-8-12/h4-8,13-15H,9-11,19H2,1-3H3/t13?,14?,15-,18?/m0/s1. The zero-order valence-electron chi connectivity index (χ0n) is 13.1. The molecule has 0 aliphatic heterocycles. The predicted molar refractivity (Wildman–Crippen MR) is 82.5 cm³/mol. The smallest absolute Gasteiger partial charge is 0.327 e. The largest absolute Gasteiger partial charge is 0.460 e. The molecule has 2 aliphatic rings. The summed E-state index contributed by atoms with van der Waals surface area (Å²) in [7, 11) is 0. The van der Waals surface area contributed by atoms with Gasteiger partial charge in [-0.25, -0.2) is 4.79 Å². The highest BCUT2D eigenvalue weighted by Gasteiger charge is 2.62. The highest BCUT2D eigenvalue weighted by molar-refractivity contribution is 5.77. The minimum atomic E-state index is -0.683. The van der Waals surface area contributed by atoms with Crippen molar-refractivity contribution in [2.24, 2.45) is 22.5 Å². The van der Waals surface area contributed by atoms with E-state index in [0.717, 1.165) is 18.4 Å². The maximum atomic E-state index is 12.4. The van der Waals surface area contributed by atoms with Crippen LogP contribution in [0.15, 0.2) is 30.3 Å². The Balaban J connectivity index is 1.72. The molecule has 2 bridgehead atoms. The van der Waals surface area contributed by atoms with E-state index in [1.807, 2.05) is 30.3 Å². The molecule has 1 aromatic rings. The molecule has 2 saturated carbocycles. The average Bonchev–Trinajstić information content (AvgIpc) is 2.80. The second-order valence-corrected chi connectivity index (χ2v) is 7.42. The Kier molecular flexibility index (Phi) is 3.36. The van der Waals surface area contributed by atoms with Gasteiger partial charge >= 0.3 is 5.97 Å². The lowest BCUT2D eigenvalue weighted by atomic mass is 9.70. The number of fused-ring (bicyclic) bond motifs is 2. The Morgan fingerprint density at radius 3 is 2.48 bits per heavy atom. The van der Waals surface area contributed by atoms with E-state index in [9.17, 15) is 4.79 Å². The molecule has 0 amide bonds. The highest BCUT2D eigenvalue weighted by atomic mass is 16.5. The molecule has 21 heavy (non-hydrogen) atoms. The lowest BCUT2D eigenvalue weighted by Gasteiger charge is -2.38. The summed E-state index contributed by atoms with van der Waals surface area (Å²) < 4.78 is 5.84. The molecular formula is C18H25NO2. The van der Waals surface area contributed by atoms with E-state index in [-0.39, 0.29) is 22.9 Å². The van der Waals surface area contributed by atoms with Crippen LogP contribution >= 0.6 is 0 Å². The molecule has 0 spiro atoms. The molecule has 3 heteroatoms. The highest BCUT2D eigenvalue weighted by Crippen LogP contribution is 2.66. The summed E-state index contributed by atoms with van der Waals surface area (Å²) in [5.74, 6) is 0.365. The molecule has 0 radical (unpaired) electrons. The van der Waals surface area contributed by atoms with Crippen LogP contribution in [-0.4, -0.2) is 12.1 Å². The number of rotatable bonds is 3. The van der Waals surface area contributed by atoms with Crippen LogP contribution < -0.4 is 5.73 Å². The van der Waals surface area contributed by atoms with E-state index in [2.05, 4.69) is 20.8 Å². The van der Waals surface area contributed by atoms with E-state index in [1.165, 1.54) is 6.42 Å². The van der Waals surface area contributed by atoms with Crippen molar-refractivity contribution in [2.75, 3.05) is 0 Å². The van der Waals surface area contributed by atoms with Gasteiger partial charge in [0.1, 0.15) is 12.1 Å². The van der Waals surface area contributed by atoms with Crippen LogP contribution in [0, 0.1) is 16.7 Å². The SMILES string of the molecule is CC1(C)C2CCC1(C)C(OC(=O)[C@@H](N)c1ccccc1)C2. The molecule has 3 rings (SSSR count). The fourth-order valence-electron chi connectivity index (χ4n) is 4.32. The number of hydrogen-bond acceptors (Lipinski definition) is 3. The topological polar surface area (TPSA) is 52.3 Å². The number of hydrogen-bond donors (Lipinski definition) is 1. The van der Waals surface area contributed by atoms with Gasteiger partial charge in [0.15, 0.2) is 0 Å². The zero-order valence-corrected chi connectivity index (χ0v) is 13.1. The Morgan fingerprint density at radius 1 is 1.29 bits per heavy atom. The number of ether oxygens (including phenoxy) is 1. The summed E-state index contributed by atoms with van der Waals surface area (Å²) in [6, 6.07) is 8.77. The summed E-state index contributed by atoms with van der Waals surface area (Å²) in [5.41, 5.74) is 7.20. The zero-order chi connectivity index (χ0) is 15.3. The van der Waals surface area contributed by atoms with E-state index in [1.54, 1.807) is 0 Å².